The molecular weight excluding hydrogens is 451 g/mol. The minimum absolute atomic E-state index is 0.196. The smallest absolute Gasteiger partial charge is 0.348 e. The molecule has 0 radical (unpaired) electrons. The molecule has 0 aliphatic heterocycles. The normalized spacial score (nSPS) is 11.5. The first-order valence-electron chi connectivity index (χ1n) is 11.0. The molecule has 0 aliphatic carbocycles. The van der Waals surface area contributed by atoms with Crippen LogP contribution in [0.2, 0.25) is 0 Å². The van der Waals surface area contributed by atoms with Gasteiger partial charge in [-0.15, -0.1) is 0 Å². The summed E-state index contributed by atoms with van der Waals surface area (Å²) in [7, 11) is 0. The Hall–Kier alpha value is -4.39. The van der Waals surface area contributed by atoms with Gasteiger partial charge in [0.15, 0.2) is 0 Å². The molecule has 5 aromatic rings. The zero-order valence-electron chi connectivity index (χ0n) is 18.4. The molecule has 4 nitrogen and oxygen atoms in total. The lowest BCUT2D eigenvalue weighted by molar-refractivity contribution is -0.137. The fourth-order valence-corrected chi connectivity index (χ4v) is 4.00. The molecule has 1 amide bonds. The van der Waals surface area contributed by atoms with E-state index in [0.29, 0.717) is 29.1 Å². The molecule has 2 N–H and O–H groups in total. The molecule has 0 aliphatic rings. The molecule has 1 aromatic heterocycles. The van der Waals surface area contributed by atoms with Crippen LogP contribution in [0.15, 0.2) is 97.1 Å². The third-order valence-electron chi connectivity index (χ3n) is 5.84. The Labute approximate surface area is 199 Å². The third kappa shape index (κ3) is 4.80. The van der Waals surface area contributed by atoms with Gasteiger partial charge in [-0.1, -0.05) is 66.7 Å². The van der Waals surface area contributed by atoms with Gasteiger partial charge in [-0.2, -0.15) is 18.3 Å². The van der Waals surface area contributed by atoms with Crippen molar-refractivity contribution in [1.29, 1.82) is 0 Å². The summed E-state index contributed by atoms with van der Waals surface area (Å²) in [4.78, 5) is 12.7. The van der Waals surface area contributed by atoms with Crippen molar-refractivity contribution in [3.63, 3.8) is 0 Å². The molecule has 0 saturated heterocycles. The van der Waals surface area contributed by atoms with E-state index in [-0.39, 0.29) is 5.91 Å². The lowest BCUT2D eigenvalue weighted by atomic mass is 10.0. The summed E-state index contributed by atoms with van der Waals surface area (Å²) in [6.45, 7) is 0.406. The van der Waals surface area contributed by atoms with Gasteiger partial charge in [0.2, 0.25) is 0 Å². The Kier molecular flexibility index (Phi) is 5.82. The summed E-state index contributed by atoms with van der Waals surface area (Å²) in [5, 5.41) is 12.2. The Bertz CT molecular complexity index is 1500. The number of alkyl halides is 3. The van der Waals surface area contributed by atoms with Gasteiger partial charge in [-0.25, -0.2) is 0 Å². The highest BCUT2D eigenvalue weighted by Crippen LogP contribution is 2.32. The first-order valence-corrected chi connectivity index (χ1v) is 11.0. The van der Waals surface area contributed by atoms with Gasteiger partial charge in [0.25, 0.3) is 5.91 Å². The average molecular weight is 471 g/mol. The van der Waals surface area contributed by atoms with E-state index in [9.17, 15) is 18.0 Å². The Morgan fingerprint density at radius 3 is 2.37 bits per heavy atom. The average Bonchev–Trinajstić information content (AvgIpc) is 3.37. The summed E-state index contributed by atoms with van der Waals surface area (Å²) in [5.41, 5.74) is 2.99. The molecule has 7 heteroatoms. The highest BCUT2D eigenvalue weighted by atomic mass is 19.4. The molecule has 1 heterocycles. The van der Waals surface area contributed by atoms with E-state index < -0.39 is 11.7 Å². The third-order valence-corrected chi connectivity index (χ3v) is 5.84. The van der Waals surface area contributed by atoms with Crippen LogP contribution in [0.25, 0.3) is 33.3 Å². The molecular formula is C28H20F3N3O. The lowest BCUT2D eigenvalue weighted by Crippen LogP contribution is -2.22. The number of benzene rings is 4. The number of hydrogen-bond donors (Lipinski definition) is 2. The van der Waals surface area contributed by atoms with E-state index in [0.717, 1.165) is 34.0 Å². The first-order chi connectivity index (χ1) is 16.9. The van der Waals surface area contributed by atoms with Crippen molar-refractivity contribution in [2.45, 2.75) is 12.7 Å². The van der Waals surface area contributed by atoms with Crippen molar-refractivity contribution >= 4 is 16.7 Å². The molecule has 0 unspecified atom stereocenters. The van der Waals surface area contributed by atoms with E-state index >= 15 is 0 Å². The van der Waals surface area contributed by atoms with E-state index in [1.54, 1.807) is 36.4 Å². The second-order valence-electron chi connectivity index (χ2n) is 8.14. The van der Waals surface area contributed by atoms with Crippen molar-refractivity contribution in [1.82, 2.24) is 15.5 Å². The lowest BCUT2D eigenvalue weighted by Gasteiger charge is -2.09. The predicted octanol–water partition coefficient (Wildman–Crippen LogP) is 6.85. The number of aromatic amines is 1. The minimum atomic E-state index is -4.42. The van der Waals surface area contributed by atoms with Crippen molar-refractivity contribution in [2.24, 2.45) is 0 Å². The van der Waals surface area contributed by atoms with Crippen LogP contribution in [0, 0.1) is 0 Å². The molecule has 174 valence electrons. The van der Waals surface area contributed by atoms with Crippen molar-refractivity contribution < 1.29 is 18.0 Å². The standard InChI is InChI=1S/C28H20F3N3O/c29-28(30,31)23-9-4-7-21(15-23)26-16-25(33-34-26)19-11-13-20(14-12-19)27(35)32-17-22-8-3-6-18-5-1-2-10-24(18)22/h1-16H,17H2,(H,32,35)(H,33,34). The molecule has 35 heavy (non-hydrogen) atoms. The maximum Gasteiger partial charge on any atom is 0.416 e. The maximum absolute atomic E-state index is 13.0. The van der Waals surface area contributed by atoms with Gasteiger partial charge >= 0.3 is 6.18 Å². The van der Waals surface area contributed by atoms with Crippen LogP contribution >= 0.6 is 0 Å². The summed E-state index contributed by atoms with van der Waals surface area (Å²) in [6, 6.07) is 27.7. The Morgan fingerprint density at radius 1 is 0.829 bits per heavy atom. The van der Waals surface area contributed by atoms with Crippen LogP contribution in [0.5, 0.6) is 0 Å². The molecule has 5 rings (SSSR count). The summed E-state index contributed by atoms with van der Waals surface area (Å²) in [5.74, 6) is -0.196. The van der Waals surface area contributed by atoms with Crippen LogP contribution in [-0.2, 0) is 12.7 Å². The zero-order chi connectivity index (χ0) is 24.4. The van der Waals surface area contributed by atoms with Gasteiger partial charge in [-0.05, 0) is 52.2 Å². The number of carbonyl (C=O) groups excluding carboxylic acids is 1. The summed E-state index contributed by atoms with van der Waals surface area (Å²) < 4.78 is 39.0. The van der Waals surface area contributed by atoms with Gasteiger partial charge in [-0.3, -0.25) is 9.89 Å². The second kappa shape index (κ2) is 9.10. The highest BCUT2D eigenvalue weighted by molar-refractivity contribution is 5.95. The van der Waals surface area contributed by atoms with Gasteiger partial charge in [0.1, 0.15) is 0 Å². The largest absolute Gasteiger partial charge is 0.416 e. The monoisotopic (exact) mass is 471 g/mol. The number of carbonyl (C=O) groups is 1. The number of rotatable bonds is 5. The van der Waals surface area contributed by atoms with E-state index in [4.69, 9.17) is 0 Å². The topological polar surface area (TPSA) is 57.8 Å². The van der Waals surface area contributed by atoms with Crippen LogP contribution in [0.1, 0.15) is 21.5 Å². The van der Waals surface area contributed by atoms with Crippen LogP contribution in [0.3, 0.4) is 0 Å². The summed E-state index contributed by atoms with van der Waals surface area (Å²) >= 11 is 0. The number of nitrogens with zero attached hydrogens (tertiary/aromatic N) is 1. The molecule has 0 bridgehead atoms. The number of amides is 1. The fourth-order valence-electron chi connectivity index (χ4n) is 4.00. The molecule has 0 spiro atoms. The highest BCUT2D eigenvalue weighted by Gasteiger charge is 2.30. The van der Waals surface area contributed by atoms with Crippen molar-refractivity contribution in [2.75, 3.05) is 0 Å². The fraction of sp³-hybridized carbons (Fsp3) is 0.0714. The Morgan fingerprint density at radius 2 is 1.57 bits per heavy atom. The predicted molar refractivity (Wildman–Crippen MR) is 130 cm³/mol. The maximum atomic E-state index is 13.0. The number of hydrogen-bond acceptors (Lipinski definition) is 2. The number of nitrogens with one attached hydrogen (secondary N) is 2. The number of halogens is 3. The number of aromatic nitrogens is 2. The second-order valence-corrected chi connectivity index (χ2v) is 8.14. The first kappa shape index (κ1) is 22.4. The number of H-pyrrole nitrogens is 1. The van der Waals surface area contributed by atoms with Gasteiger partial charge < -0.3 is 5.32 Å². The minimum Gasteiger partial charge on any atom is -0.348 e. The van der Waals surface area contributed by atoms with Crippen molar-refractivity contribution in [3.05, 3.63) is 114 Å². The van der Waals surface area contributed by atoms with Crippen LogP contribution in [0.4, 0.5) is 13.2 Å². The molecule has 0 saturated carbocycles. The van der Waals surface area contributed by atoms with Crippen LogP contribution in [-0.4, -0.2) is 16.1 Å². The Balaban J connectivity index is 1.29. The molecule has 4 aromatic carbocycles. The summed E-state index contributed by atoms with van der Waals surface area (Å²) in [6.07, 6.45) is -4.42. The molecule has 0 fully saturated rings. The quantitative estimate of drug-likeness (QED) is 0.295. The van der Waals surface area contributed by atoms with E-state index in [1.807, 2.05) is 42.5 Å². The van der Waals surface area contributed by atoms with E-state index in [2.05, 4.69) is 15.5 Å². The zero-order valence-corrected chi connectivity index (χ0v) is 18.4. The van der Waals surface area contributed by atoms with Crippen LogP contribution < -0.4 is 5.32 Å². The van der Waals surface area contributed by atoms with Gasteiger partial charge in [0.05, 0.1) is 17.0 Å². The van der Waals surface area contributed by atoms with Gasteiger partial charge in [0, 0.05) is 17.7 Å². The van der Waals surface area contributed by atoms with Crippen molar-refractivity contribution in [3.8, 4) is 22.5 Å². The SMILES string of the molecule is O=C(NCc1cccc2ccccc12)c1ccc(-c2cc(-c3cccc(C(F)(F)F)c3)n[nH]2)cc1. The molecule has 0 atom stereocenters. The van der Waals surface area contributed by atoms with E-state index in [1.165, 1.54) is 6.07 Å². The number of fused-ring (bicyclic) bond motifs is 1.